The minimum absolute atomic E-state index is 0.176. The predicted molar refractivity (Wildman–Crippen MR) is 76.2 cm³/mol. The molecule has 112 valence electrons. The van der Waals surface area contributed by atoms with Crippen LogP contribution in [0.15, 0.2) is 23.1 Å². The predicted octanol–water partition coefficient (Wildman–Crippen LogP) is 1.02. The highest BCUT2D eigenvalue weighted by Crippen LogP contribution is 2.29. The molecule has 7 heteroatoms. The first-order chi connectivity index (χ1) is 10.1. The molecule has 0 amide bonds. The largest absolute Gasteiger partial charge is 0.493 e. The third-order valence-electron chi connectivity index (χ3n) is 2.96. The van der Waals surface area contributed by atoms with Crippen LogP contribution in [0.25, 0.3) is 0 Å². The molecular weight excluding hydrogens is 274 g/mol. The molecule has 0 aliphatic rings. The van der Waals surface area contributed by atoms with Crippen molar-refractivity contribution in [3.8, 4) is 17.5 Å². The maximum atomic E-state index is 12.1. The fourth-order valence-corrected chi connectivity index (χ4v) is 2.01. The molecule has 0 fully saturated rings. The lowest BCUT2D eigenvalue weighted by molar-refractivity contribution is 0.337. The SMILES string of the molecule is COc1ccnc(Cn2c(OC)nc(C)cc2=O)c1OC. The highest BCUT2D eigenvalue weighted by molar-refractivity contribution is 5.42. The van der Waals surface area contributed by atoms with Crippen molar-refractivity contribution >= 4 is 0 Å². The second-order valence-corrected chi connectivity index (χ2v) is 4.30. The molecule has 0 aromatic carbocycles. The van der Waals surface area contributed by atoms with Gasteiger partial charge in [-0.3, -0.25) is 14.3 Å². The van der Waals surface area contributed by atoms with Crippen molar-refractivity contribution in [3.05, 3.63) is 40.1 Å². The van der Waals surface area contributed by atoms with Crippen LogP contribution < -0.4 is 19.8 Å². The molecule has 0 saturated carbocycles. The zero-order chi connectivity index (χ0) is 15.4. The fourth-order valence-electron chi connectivity index (χ4n) is 2.01. The summed E-state index contributed by atoms with van der Waals surface area (Å²) >= 11 is 0. The van der Waals surface area contributed by atoms with Crippen molar-refractivity contribution in [2.45, 2.75) is 13.5 Å². The van der Waals surface area contributed by atoms with Gasteiger partial charge >= 0.3 is 0 Å². The van der Waals surface area contributed by atoms with Crippen molar-refractivity contribution in [2.24, 2.45) is 0 Å². The molecule has 2 aromatic rings. The van der Waals surface area contributed by atoms with Crippen molar-refractivity contribution in [1.82, 2.24) is 14.5 Å². The molecule has 0 N–H and O–H groups in total. The monoisotopic (exact) mass is 291 g/mol. The van der Waals surface area contributed by atoms with E-state index in [2.05, 4.69) is 9.97 Å². The van der Waals surface area contributed by atoms with Crippen LogP contribution in [0.1, 0.15) is 11.4 Å². The number of pyridine rings is 1. The maximum absolute atomic E-state index is 12.1. The van der Waals surface area contributed by atoms with Crippen LogP contribution in [0.2, 0.25) is 0 Å². The zero-order valence-electron chi connectivity index (χ0n) is 12.4. The van der Waals surface area contributed by atoms with Crippen LogP contribution >= 0.6 is 0 Å². The molecule has 0 spiro atoms. The average Bonchev–Trinajstić information content (AvgIpc) is 2.49. The quantitative estimate of drug-likeness (QED) is 0.818. The van der Waals surface area contributed by atoms with Gasteiger partial charge in [0.2, 0.25) is 0 Å². The molecule has 0 atom stereocenters. The second-order valence-electron chi connectivity index (χ2n) is 4.30. The molecule has 0 aliphatic heterocycles. The molecule has 0 unspecified atom stereocenters. The molecular formula is C14H17N3O4. The topological polar surface area (TPSA) is 75.5 Å². The van der Waals surface area contributed by atoms with E-state index in [0.29, 0.717) is 22.9 Å². The van der Waals surface area contributed by atoms with Crippen LogP contribution in [0.3, 0.4) is 0 Å². The molecule has 21 heavy (non-hydrogen) atoms. The number of nitrogens with zero attached hydrogens (tertiary/aromatic N) is 3. The van der Waals surface area contributed by atoms with Gasteiger partial charge in [0, 0.05) is 24.0 Å². The van der Waals surface area contributed by atoms with Crippen LogP contribution in [-0.4, -0.2) is 35.9 Å². The Morgan fingerprint density at radius 1 is 1.19 bits per heavy atom. The summed E-state index contributed by atoms with van der Waals surface area (Å²) in [5, 5.41) is 0. The highest BCUT2D eigenvalue weighted by Gasteiger charge is 2.15. The van der Waals surface area contributed by atoms with Gasteiger partial charge in [-0.05, 0) is 6.92 Å². The molecule has 7 nitrogen and oxygen atoms in total. The number of rotatable bonds is 5. The number of aryl methyl sites for hydroxylation is 1. The van der Waals surface area contributed by atoms with E-state index in [1.807, 2.05) is 0 Å². The van der Waals surface area contributed by atoms with E-state index in [1.165, 1.54) is 24.9 Å². The van der Waals surface area contributed by atoms with Gasteiger partial charge in [0.05, 0.1) is 27.9 Å². The van der Waals surface area contributed by atoms with Gasteiger partial charge in [0.1, 0.15) is 5.69 Å². The number of ether oxygens (including phenoxy) is 3. The smallest absolute Gasteiger partial charge is 0.299 e. The Morgan fingerprint density at radius 3 is 2.57 bits per heavy atom. The summed E-state index contributed by atoms with van der Waals surface area (Å²) in [7, 11) is 4.53. The highest BCUT2D eigenvalue weighted by atomic mass is 16.5. The van der Waals surface area contributed by atoms with E-state index in [9.17, 15) is 4.79 Å². The van der Waals surface area contributed by atoms with Crippen LogP contribution in [0.5, 0.6) is 17.5 Å². The van der Waals surface area contributed by atoms with E-state index in [4.69, 9.17) is 14.2 Å². The van der Waals surface area contributed by atoms with E-state index in [0.717, 1.165) is 0 Å². The number of hydrogen-bond acceptors (Lipinski definition) is 6. The Labute approximate surface area is 122 Å². The van der Waals surface area contributed by atoms with Gasteiger partial charge in [0.15, 0.2) is 11.5 Å². The molecule has 0 bridgehead atoms. The maximum Gasteiger partial charge on any atom is 0.299 e. The van der Waals surface area contributed by atoms with Crippen molar-refractivity contribution < 1.29 is 14.2 Å². The molecule has 2 heterocycles. The first-order valence-electron chi connectivity index (χ1n) is 6.29. The fraction of sp³-hybridized carbons (Fsp3) is 0.357. The van der Waals surface area contributed by atoms with Crippen LogP contribution in [-0.2, 0) is 6.54 Å². The lowest BCUT2D eigenvalue weighted by Crippen LogP contribution is -2.24. The second kappa shape index (κ2) is 6.25. The molecule has 0 radical (unpaired) electrons. The van der Waals surface area contributed by atoms with Crippen molar-refractivity contribution in [2.75, 3.05) is 21.3 Å². The van der Waals surface area contributed by atoms with Crippen LogP contribution in [0, 0.1) is 6.92 Å². The Morgan fingerprint density at radius 2 is 1.95 bits per heavy atom. The number of aromatic nitrogens is 3. The first kappa shape index (κ1) is 14.8. The summed E-state index contributed by atoms with van der Waals surface area (Å²) in [5.74, 6) is 1.03. The summed E-state index contributed by atoms with van der Waals surface area (Å²) in [6.07, 6.45) is 1.59. The zero-order valence-corrected chi connectivity index (χ0v) is 12.4. The Balaban J connectivity index is 2.51. The first-order valence-corrected chi connectivity index (χ1v) is 6.29. The summed E-state index contributed by atoms with van der Waals surface area (Å²) in [5.41, 5.74) is 0.938. The summed E-state index contributed by atoms with van der Waals surface area (Å²) in [4.78, 5) is 20.6. The molecule has 0 aliphatic carbocycles. The molecule has 2 rings (SSSR count). The van der Waals surface area contributed by atoms with Crippen LogP contribution in [0.4, 0.5) is 0 Å². The Hall–Kier alpha value is -2.57. The third kappa shape index (κ3) is 2.96. The van der Waals surface area contributed by atoms with Gasteiger partial charge in [-0.1, -0.05) is 0 Å². The Bertz CT molecular complexity index is 697. The van der Waals surface area contributed by atoms with Gasteiger partial charge in [0.25, 0.3) is 11.6 Å². The number of methoxy groups -OCH3 is 3. The average molecular weight is 291 g/mol. The summed E-state index contributed by atoms with van der Waals surface area (Å²) in [6, 6.07) is 3.36. The van der Waals surface area contributed by atoms with Gasteiger partial charge in [-0.2, -0.15) is 0 Å². The minimum atomic E-state index is -0.217. The minimum Gasteiger partial charge on any atom is -0.493 e. The summed E-state index contributed by atoms with van der Waals surface area (Å²) < 4.78 is 17.1. The summed E-state index contributed by atoms with van der Waals surface area (Å²) in [6.45, 7) is 1.91. The van der Waals surface area contributed by atoms with Gasteiger partial charge in [-0.15, -0.1) is 0 Å². The van der Waals surface area contributed by atoms with E-state index in [1.54, 1.807) is 26.3 Å². The lowest BCUT2D eigenvalue weighted by Gasteiger charge is -2.14. The van der Waals surface area contributed by atoms with Crippen molar-refractivity contribution in [3.63, 3.8) is 0 Å². The molecule has 2 aromatic heterocycles. The van der Waals surface area contributed by atoms with E-state index >= 15 is 0 Å². The van der Waals surface area contributed by atoms with Gasteiger partial charge < -0.3 is 14.2 Å². The van der Waals surface area contributed by atoms with Gasteiger partial charge in [-0.25, -0.2) is 4.98 Å². The van der Waals surface area contributed by atoms with E-state index in [-0.39, 0.29) is 18.1 Å². The Kier molecular flexibility index (Phi) is 4.42. The standard InChI is InChI=1S/C14H17N3O4/c1-9-7-12(18)17(14(16-9)21-4)8-10-13(20-3)11(19-2)5-6-15-10/h5-7H,8H2,1-4H3. The lowest BCUT2D eigenvalue weighted by atomic mass is 10.3. The normalized spacial score (nSPS) is 10.3. The van der Waals surface area contributed by atoms with Crippen molar-refractivity contribution in [1.29, 1.82) is 0 Å². The molecule has 0 saturated heterocycles. The van der Waals surface area contributed by atoms with E-state index < -0.39 is 0 Å². The third-order valence-corrected chi connectivity index (χ3v) is 2.96. The number of hydrogen-bond donors (Lipinski definition) is 0.